The van der Waals surface area contributed by atoms with E-state index in [-0.39, 0.29) is 1.43 Å². The summed E-state index contributed by atoms with van der Waals surface area (Å²) in [6.45, 7) is 11.2. The van der Waals surface area contributed by atoms with Gasteiger partial charge in [-0.05, 0) is 17.8 Å². The summed E-state index contributed by atoms with van der Waals surface area (Å²) in [7, 11) is 0. The second-order valence-corrected chi connectivity index (χ2v) is 3.94. The molecule has 49 valence electrons. The van der Waals surface area contributed by atoms with E-state index in [1.165, 1.54) is 12.3 Å². The molecule has 0 saturated carbocycles. The van der Waals surface area contributed by atoms with Crippen LogP contribution < -0.4 is 0 Å². The molecule has 0 nitrogen and oxygen atoms in total. The molecular weight excluding hydrogens is 96.1 g/mol. The number of rotatable bonds is 1. The Morgan fingerprint density at radius 2 is 1.62 bits per heavy atom. The van der Waals surface area contributed by atoms with Crippen LogP contribution in [-0.4, -0.2) is 0 Å². The van der Waals surface area contributed by atoms with Gasteiger partial charge in [0.15, 0.2) is 0 Å². The summed E-state index contributed by atoms with van der Waals surface area (Å²) in [6, 6.07) is 0. The largest absolute Gasteiger partial charge is 1.00 e. The molecule has 8 heavy (non-hydrogen) atoms. The van der Waals surface area contributed by atoms with Crippen LogP contribution in [0.3, 0.4) is 0 Å². The van der Waals surface area contributed by atoms with Crippen molar-refractivity contribution in [1.82, 2.24) is 0 Å². The van der Waals surface area contributed by atoms with Crippen LogP contribution in [0.4, 0.5) is 0 Å². The minimum absolute atomic E-state index is 0. The third-order valence-electron chi connectivity index (χ3n) is 0.884. The summed E-state index contributed by atoms with van der Waals surface area (Å²) in [5.74, 6) is 1.53. The maximum absolute atomic E-state index is 2.26. The van der Waals surface area contributed by atoms with Crippen LogP contribution in [0.2, 0.25) is 0 Å². The molecule has 0 rings (SSSR count). The minimum atomic E-state index is 0. The van der Waals surface area contributed by atoms with Gasteiger partial charge in [-0.25, -0.2) is 0 Å². The van der Waals surface area contributed by atoms with Gasteiger partial charge in [0.1, 0.15) is 0 Å². The van der Waals surface area contributed by atoms with Crippen LogP contribution in [0, 0.1) is 11.3 Å². The molecule has 0 bridgehead atoms. The van der Waals surface area contributed by atoms with Crippen LogP contribution >= 0.6 is 0 Å². The third-order valence-corrected chi connectivity index (χ3v) is 0.884. The first-order valence-electron chi connectivity index (χ1n) is 3.21. The van der Waals surface area contributed by atoms with E-state index in [0.29, 0.717) is 5.41 Å². The molecule has 0 N–H and O–H groups in total. The molecule has 0 aliphatic heterocycles. The van der Waals surface area contributed by atoms with Crippen LogP contribution in [0.15, 0.2) is 0 Å². The normalized spacial score (nSPS) is 12.8. The Morgan fingerprint density at radius 3 is 1.62 bits per heavy atom. The maximum Gasteiger partial charge on any atom is 1.00 e. The molecule has 0 spiro atoms. The second-order valence-electron chi connectivity index (χ2n) is 3.94. The Kier molecular flexibility index (Phi) is 2.52. The molecule has 0 heterocycles. The van der Waals surface area contributed by atoms with Crippen molar-refractivity contribution >= 4 is 0 Å². The molecule has 0 heteroatoms. The molecule has 0 aromatic rings. The Morgan fingerprint density at radius 1 is 1.25 bits per heavy atom. The van der Waals surface area contributed by atoms with E-state index >= 15 is 0 Å². The van der Waals surface area contributed by atoms with Crippen LogP contribution in [0.25, 0.3) is 0 Å². The zero-order valence-corrected chi connectivity index (χ0v) is 6.71. The van der Waals surface area contributed by atoms with Crippen LogP contribution in [0.1, 0.15) is 42.5 Å². The van der Waals surface area contributed by atoms with Crippen LogP contribution in [0.5, 0.6) is 0 Å². The lowest BCUT2D eigenvalue weighted by molar-refractivity contribution is 0.389. The lowest BCUT2D eigenvalue weighted by Crippen LogP contribution is -2.07. The van der Waals surface area contributed by atoms with Gasteiger partial charge in [0, 0.05) is 0 Å². The fraction of sp³-hybridized carbons (Fsp3) is 0.875. The Hall–Kier alpha value is 0. The molecule has 0 fully saturated rings. The van der Waals surface area contributed by atoms with Gasteiger partial charge < -0.3 is 0 Å². The Bertz CT molecular complexity index is 59.5. The molecule has 0 aliphatic carbocycles. The molecule has 0 unspecified atom stereocenters. The quantitative estimate of drug-likeness (QED) is 0.491. The number of hydrogen-bond donors (Lipinski definition) is 0. The van der Waals surface area contributed by atoms with Crippen molar-refractivity contribution in [3.63, 3.8) is 0 Å². The first kappa shape index (κ1) is 8.00. The summed E-state index contributed by atoms with van der Waals surface area (Å²) in [4.78, 5) is 0. The van der Waals surface area contributed by atoms with Crippen molar-refractivity contribution in [3.8, 4) is 0 Å². The Balaban J connectivity index is 0. The predicted octanol–water partition coefficient (Wildman–Crippen LogP) is 3.15. The van der Waals surface area contributed by atoms with Gasteiger partial charge in [-0.2, -0.15) is 0 Å². The molecule has 0 aliphatic rings. The fourth-order valence-corrected chi connectivity index (χ4v) is 1.06. The third kappa shape index (κ3) is 6.00. The van der Waals surface area contributed by atoms with Gasteiger partial charge in [-0.15, -0.1) is 0 Å². The van der Waals surface area contributed by atoms with Gasteiger partial charge in [-0.1, -0.05) is 34.6 Å². The minimum Gasteiger partial charge on any atom is -0.0602 e. The standard InChI is InChI=1S/C8H17/c1-7(2)6-8(3,4)5/h6H2,1-5H3/p+1. The fourth-order valence-electron chi connectivity index (χ4n) is 1.06. The second kappa shape index (κ2) is 2.52. The molecule has 1 radical (unpaired) electrons. The highest BCUT2D eigenvalue weighted by Crippen LogP contribution is 2.24. The van der Waals surface area contributed by atoms with E-state index in [4.69, 9.17) is 0 Å². The van der Waals surface area contributed by atoms with Crippen molar-refractivity contribution in [2.24, 2.45) is 5.41 Å². The summed E-state index contributed by atoms with van der Waals surface area (Å²) in [5, 5.41) is 0. The highest BCUT2D eigenvalue weighted by molar-refractivity contribution is 4.82. The lowest BCUT2D eigenvalue weighted by Gasteiger charge is -2.19. The zero-order valence-electron chi connectivity index (χ0n) is 7.71. The van der Waals surface area contributed by atoms with E-state index < -0.39 is 0 Å². The van der Waals surface area contributed by atoms with Gasteiger partial charge in [-0.3, -0.25) is 0 Å². The summed E-state index contributed by atoms with van der Waals surface area (Å²) >= 11 is 0. The van der Waals surface area contributed by atoms with Gasteiger partial charge >= 0.3 is 1.43 Å². The van der Waals surface area contributed by atoms with E-state index in [1.54, 1.807) is 0 Å². The average Bonchev–Trinajstić information content (AvgIpc) is 1.21. The van der Waals surface area contributed by atoms with Gasteiger partial charge in [0.2, 0.25) is 0 Å². The monoisotopic (exact) mass is 114 g/mol. The molecule has 0 aromatic heterocycles. The maximum atomic E-state index is 2.26. The van der Waals surface area contributed by atoms with E-state index in [1.807, 2.05) is 0 Å². The van der Waals surface area contributed by atoms with E-state index in [2.05, 4.69) is 34.6 Å². The predicted molar refractivity (Wildman–Crippen MR) is 39.8 cm³/mol. The summed E-state index contributed by atoms with van der Waals surface area (Å²) in [6.07, 6.45) is 1.24. The van der Waals surface area contributed by atoms with E-state index in [0.717, 1.165) is 0 Å². The first-order chi connectivity index (χ1) is 3.42. The topological polar surface area (TPSA) is 0 Å². The first-order valence-corrected chi connectivity index (χ1v) is 3.21. The highest BCUT2D eigenvalue weighted by atomic mass is 14.2. The smallest absolute Gasteiger partial charge is 0.0602 e. The summed E-state index contributed by atoms with van der Waals surface area (Å²) in [5.41, 5.74) is 0.485. The molecule has 0 amide bonds. The zero-order chi connectivity index (χ0) is 6.78. The van der Waals surface area contributed by atoms with Gasteiger partial charge in [0.05, 0.1) is 0 Å². The molecule has 0 saturated heterocycles. The van der Waals surface area contributed by atoms with Crippen molar-refractivity contribution in [2.45, 2.75) is 41.0 Å². The number of hydrogen-bond acceptors (Lipinski definition) is 0. The van der Waals surface area contributed by atoms with Crippen LogP contribution in [-0.2, 0) is 0 Å². The summed E-state index contributed by atoms with van der Waals surface area (Å²) < 4.78 is 0. The lowest BCUT2D eigenvalue weighted by atomic mass is 9.86. The highest BCUT2D eigenvalue weighted by Gasteiger charge is 2.11. The van der Waals surface area contributed by atoms with Crippen molar-refractivity contribution in [3.05, 3.63) is 5.92 Å². The molecule has 0 aromatic carbocycles. The molecular formula is C8H18+. The van der Waals surface area contributed by atoms with Crippen molar-refractivity contribution in [2.75, 3.05) is 0 Å². The SMILES string of the molecule is C[C](C)CC(C)(C)C.[H+]. The van der Waals surface area contributed by atoms with Crippen molar-refractivity contribution in [1.29, 1.82) is 0 Å². The van der Waals surface area contributed by atoms with E-state index in [9.17, 15) is 0 Å². The Labute approximate surface area is 54.8 Å². The molecule has 0 atom stereocenters. The van der Waals surface area contributed by atoms with Gasteiger partial charge in [0.25, 0.3) is 0 Å². The average molecular weight is 114 g/mol. The van der Waals surface area contributed by atoms with Crippen molar-refractivity contribution < 1.29 is 1.43 Å².